The fourth-order valence-electron chi connectivity index (χ4n) is 1.77. The van der Waals surface area contributed by atoms with Crippen LogP contribution in [0.4, 0.5) is 0 Å². The highest BCUT2D eigenvalue weighted by atomic mass is 35.5. The second-order valence-corrected chi connectivity index (χ2v) is 4.78. The van der Waals surface area contributed by atoms with Crippen molar-refractivity contribution >= 4 is 29.9 Å². The van der Waals surface area contributed by atoms with Gasteiger partial charge in [-0.05, 0) is 18.7 Å². The zero-order valence-electron chi connectivity index (χ0n) is 11.7. The summed E-state index contributed by atoms with van der Waals surface area (Å²) in [5, 5.41) is 10.7. The van der Waals surface area contributed by atoms with Crippen molar-refractivity contribution < 1.29 is 4.79 Å². The average Bonchev–Trinajstić information content (AvgIpc) is 2.90. The molecule has 0 unspecified atom stereocenters. The molecule has 114 valence electrons. The fourth-order valence-corrected chi connectivity index (χ4v) is 1.97. The lowest BCUT2D eigenvalue weighted by atomic mass is 10.2. The lowest BCUT2D eigenvalue weighted by molar-refractivity contribution is 0.0954. The summed E-state index contributed by atoms with van der Waals surface area (Å²) in [6.07, 6.45) is 3.28. The third kappa shape index (κ3) is 5.04. The van der Waals surface area contributed by atoms with Gasteiger partial charge in [0, 0.05) is 24.3 Å². The zero-order chi connectivity index (χ0) is 14.4. The van der Waals surface area contributed by atoms with Crippen molar-refractivity contribution in [3.05, 3.63) is 52.8 Å². The number of likely N-dealkylation sites (N-methyl/N-ethyl adjacent to an activating group) is 1. The molecule has 1 amide bonds. The Hall–Kier alpha value is -1.56. The van der Waals surface area contributed by atoms with E-state index in [1.54, 1.807) is 17.1 Å². The van der Waals surface area contributed by atoms with Crippen molar-refractivity contribution in [3.63, 3.8) is 0 Å². The minimum atomic E-state index is -0.120. The van der Waals surface area contributed by atoms with E-state index in [-0.39, 0.29) is 18.3 Å². The molecule has 2 aromatic rings. The first-order chi connectivity index (χ1) is 9.70. The SMILES string of the molecule is CNCCNC(=O)c1cnn(Cc2ccccc2Cl)c1.Cl. The Bertz CT molecular complexity index is 586. The van der Waals surface area contributed by atoms with Crippen LogP contribution in [0.2, 0.25) is 5.02 Å². The Morgan fingerprint density at radius 1 is 1.33 bits per heavy atom. The second kappa shape index (κ2) is 8.67. The number of aromatic nitrogens is 2. The van der Waals surface area contributed by atoms with Gasteiger partial charge in [-0.3, -0.25) is 9.48 Å². The second-order valence-electron chi connectivity index (χ2n) is 4.38. The first-order valence-electron chi connectivity index (χ1n) is 6.39. The number of halogens is 2. The molecule has 0 aliphatic carbocycles. The highest BCUT2D eigenvalue weighted by Crippen LogP contribution is 2.16. The van der Waals surface area contributed by atoms with Crippen molar-refractivity contribution in [1.82, 2.24) is 20.4 Å². The smallest absolute Gasteiger partial charge is 0.254 e. The van der Waals surface area contributed by atoms with Crippen LogP contribution >= 0.6 is 24.0 Å². The van der Waals surface area contributed by atoms with E-state index in [0.29, 0.717) is 23.7 Å². The van der Waals surface area contributed by atoms with Gasteiger partial charge in [-0.2, -0.15) is 5.10 Å². The van der Waals surface area contributed by atoms with Gasteiger partial charge in [0.15, 0.2) is 0 Å². The quantitative estimate of drug-likeness (QED) is 0.797. The molecule has 5 nitrogen and oxygen atoms in total. The lowest BCUT2D eigenvalue weighted by Crippen LogP contribution is -2.30. The molecule has 1 aromatic heterocycles. The predicted molar refractivity (Wildman–Crippen MR) is 86.3 cm³/mol. The Morgan fingerprint density at radius 3 is 2.81 bits per heavy atom. The molecule has 0 bridgehead atoms. The first-order valence-corrected chi connectivity index (χ1v) is 6.77. The van der Waals surface area contributed by atoms with Gasteiger partial charge in [-0.1, -0.05) is 29.8 Å². The van der Waals surface area contributed by atoms with E-state index in [1.807, 2.05) is 31.3 Å². The highest BCUT2D eigenvalue weighted by Gasteiger charge is 2.08. The van der Waals surface area contributed by atoms with Crippen molar-refractivity contribution in [2.45, 2.75) is 6.54 Å². The molecule has 0 atom stereocenters. The normalized spacial score (nSPS) is 10.0. The monoisotopic (exact) mass is 328 g/mol. The standard InChI is InChI=1S/C14H17ClN4O.ClH/c1-16-6-7-17-14(20)12-8-18-19(10-12)9-11-4-2-3-5-13(11)15;/h2-5,8,10,16H,6-7,9H2,1H3,(H,17,20);1H. The summed E-state index contributed by atoms with van der Waals surface area (Å²) in [6, 6.07) is 7.59. The van der Waals surface area contributed by atoms with Gasteiger partial charge in [0.1, 0.15) is 0 Å². The average molecular weight is 329 g/mol. The number of carbonyl (C=O) groups excluding carboxylic acids is 1. The van der Waals surface area contributed by atoms with E-state index >= 15 is 0 Å². The molecule has 0 aliphatic rings. The molecule has 2 rings (SSSR count). The van der Waals surface area contributed by atoms with Crippen molar-refractivity contribution in [1.29, 1.82) is 0 Å². The van der Waals surface area contributed by atoms with Crippen LogP contribution in [0, 0.1) is 0 Å². The van der Waals surface area contributed by atoms with Crippen LogP contribution in [0.1, 0.15) is 15.9 Å². The summed E-state index contributed by atoms with van der Waals surface area (Å²) in [4.78, 5) is 11.8. The van der Waals surface area contributed by atoms with Crippen LogP contribution in [0.5, 0.6) is 0 Å². The van der Waals surface area contributed by atoms with Crippen molar-refractivity contribution in [2.24, 2.45) is 0 Å². The Balaban J connectivity index is 0.00000220. The number of hydrogen-bond donors (Lipinski definition) is 2. The topological polar surface area (TPSA) is 58.9 Å². The van der Waals surface area contributed by atoms with E-state index in [4.69, 9.17) is 11.6 Å². The van der Waals surface area contributed by atoms with E-state index in [0.717, 1.165) is 12.1 Å². The molecule has 0 saturated heterocycles. The lowest BCUT2D eigenvalue weighted by Gasteiger charge is -2.04. The van der Waals surface area contributed by atoms with Crippen LogP contribution < -0.4 is 10.6 Å². The summed E-state index contributed by atoms with van der Waals surface area (Å²) >= 11 is 6.10. The molecule has 21 heavy (non-hydrogen) atoms. The molecular formula is C14H18Cl2N4O. The minimum Gasteiger partial charge on any atom is -0.351 e. The maximum absolute atomic E-state index is 11.8. The highest BCUT2D eigenvalue weighted by molar-refractivity contribution is 6.31. The molecule has 7 heteroatoms. The number of amides is 1. The Labute approximate surface area is 135 Å². The third-order valence-electron chi connectivity index (χ3n) is 2.85. The first kappa shape index (κ1) is 17.5. The van der Waals surface area contributed by atoms with Crippen molar-refractivity contribution in [3.8, 4) is 0 Å². The summed E-state index contributed by atoms with van der Waals surface area (Å²) in [7, 11) is 1.84. The number of nitrogens with one attached hydrogen (secondary N) is 2. The number of carbonyl (C=O) groups is 1. The summed E-state index contributed by atoms with van der Waals surface area (Å²) < 4.78 is 1.70. The summed E-state index contributed by atoms with van der Waals surface area (Å²) in [5.74, 6) is -0.120. The molecule has 0 saturated carbocycles. The van der Waals surface area contributed by atoms with Gasteiger partial charge in [0.25, 0.3) is 5.91 Å². The molecule has 0 fully saturated rings. The molecule has 1 heterocycles. The maximum Gasteiger partial charge on any atom is 0.254 e. The molecule has 0 radical (unpaired) electrons. The Kier molecular flexibility index (Phi) is 7.22. The number of rotatable bonds is 6. The van der Waals surface area contributed by atoms with Gasteiger partial charge < -0.3 is 10.6 Å². The number of nitrogens with zero attached hydrogens (tertiary/aromatic N) is 2. The van der Waals surface area contributed by atoms with Gasteiger partial charge >= 0.3 is 0 Å². The van der Waals surface area contributed by atoms with Crippen LogP contribution in [0.15, 0.2) is 36.7 Å². The van der Waals surface area contributed by atoms with Crippen LogP contribution in [-0.2, 0) is 6.54 Å². The van der Waals surface area contributed by atoms with Gasteiger partial charge in [-0.15, -0.1) is 12.4 Å². The molecule has 0 spiro atoms. The fraction of sp³-hybridized carbons (Fsp3) is 0.286. The predicted octanol–water partition coefficient (Wildman–Crippen LogP) is 1.96. The summed E-state index contributed by atoms with van der Waals surface area (Å²) in [5.41, 5.74) is 1.52. The van der Waals surface area contributed by atoms with Gasteiger partial charge in [-0.25, -0.2) is 0 Å². The number of hydrogen-bond acceptors (Lipinski definition) is 3. The molecular weight excluding hydrogens is 311 g/mol. The molecule has 0 aliphatic heterocycles. The van der Waals surface area contributed by atoms with Gasteiger partial charge in [0.05, 0.1) is 18.3 Å². The van der Waals surface area contributed by atoms with E-state index in [1.165, 1.54) is 0 Å². The molecule has 1 aromatic carbocycles. The van der Waals surface area contributed by atoms with E-state index in [9.17, 15) is 4.79 Å². The van der Waals surface area contributed by atoms with Crippen molar-refractivity contribution in [2.75, 3.05) is 20.1 Å². The summed E-state index contributed by atoms with van der Waals surface area (Å²) in [6.45, 7) is 1.87. The van der Waals surface area contributed by atoms with E-state index in [2.05, 4.69) is 15.7 Å². The Morgan fingerprint density at radius 2 is 2.10 bits per heavy atom. The number of benzene rings is 1. The van der Waals surface area contributed by atoms with E-state index < -0.39 is 0 Å². The van der Waals surface area contributed by atoms with Crippen LogP contribution in [0.25, 0.3) is 0 Å². The minimum absolute atomic E-state index is 0. The van der Waals surface area contributed by atoms with Crippen LogP contribution in [0.3, 0.4) is 0 Å². The van der Waals surface area contributed by atoms with Gasteiger partial charge in [0.2, 0.25) is 0 Å². The largest absolute Gasteiger partial charge is 0.351 e. The maximum atomic E-state index is 11.8. The van der Waals surface area contributed by atoms with Crippen LogP contribution in [-0.4, -0.2) is 35.8 Å². The molecule has 2 N–H and O–H groups in total. The third-order valence-corrected chi connectivity index (χ3v) is 3.21. The zero-order valence-corrected chi connectivity index (χ0v) is 13.2.